The van der Waals surface area contributed by atoms with Gasteiger partial charge >= 0.3 is 0 Å². The third kappa shape index (κ3) is 3.61. The molecule has 0 aromatic heterocycles. The summed E-state index contributed by atoms with van der Waals surface area (Å²) in [6.07, 6.45) is 0. The van der Waals surface area contributed by atoms with Gasteiger partial charge in [0.2, 0.25) is 0 Å². The molecule has 4 rings (SSSR count). The lowest BCUT2D eigenvalue weighted by Gasteiger charge is -2.24. The molecule has 0 bridgehead atoms. The Kier molecular flexibility index (Phi) is 4.73. The van der Waals surface area contributed by atoms with Crippen molar-refractivity contribution in [3.63, 3.8) is 0 Å². The van der Waals surface area contributed by atoms with E-state index in [0.29, 0.717) is 16.4 Å². The Balaban J connectivity index is 1.75. The van der Waals surface area contributed by atoms with Gasteiger partial charge in [-0.3, -0.25) is 4.79 Å². The summed E-state index contributed by atoms with van der Waals surface area (Å²) >= 11 is 7.17. The Morgan fingerprint density at radius 3 is 2.63 bits per heavy atom. The molecule has 140 valence electrons. The number of sulfone groups is 1. The van der Waals surface area contributed by atoms with E-state index in [4.69, 9.17) is 11.6 Å². The van der Waals surface area contributed by atoms with Gasteiger partial charge in [-0.25, -0.2) is 12.8 Å². The van der Waals surface area contributed by atoms with E-state index in [9.17, 15) is 17.6 Å². The van der Waals surface area contributed by atoms with E-state index in [1.807, 2.05) is 0 Å². The van der Waals surface area contributed by atoms with Gasteiger partial charge in [0.05, 0.1) is 22.6 Å². The third-order valence-electron chi connectivity index (χ3n) is 4.47. The van der Waals surface area contributed by atoms with Crippen molar-refractivity contribution >= 4 is 50.0 Å². The van der Waals surface area contributed by atoms with E-state index < -0.39 is 21.6 Å². The number of hydrogen-bond donors (Lipinski definition) is 0. The smallest absolute Gasteiger partial charge is 0.279 e. The SMILES string of the molecule is O=C(N=C1S[C@H]2CS(=O)(=O)C[C@@H]2N1c1ccc(F)c(Cl)c1)c1ccccc1. The highest BCUT2D eigenvalue weighted by Gasteiger charge is 2.49. The quantitative estimate of drug-likeness (QED) is 0.739. The second kappa shape index (κ2) is 6.92. The van der Waals surface area contributed by atoms with Crippen LogP contribution in [0.25, 0.3) is 0 Å². The molecular weight excluding hydrogens is 411 g/mol. The van der Waals surface area contributed by atoms with Crippen LogP contribution in [0.5, 0.6) is 0 Å². The maximum Gasteiger partial charge on any atom is 0.279 e. The number of fused-ring (bicyclic) bond motifs is 1. The maximum absolute atomic E-state index is 13.6. The molecule has 27 heavy (non-hydrogen) atoms. The van der Waals surface area contributed by atoms with Crippen LogP contribution in [0.15, 0.2) is 53.5 Å². The van der Waals surface area contributed by atoms with E-state index >= 15 is 0 Å². The zero-order chi connectivity index (χ0) is 19.2. The summed E-state index contributed by atoms with van der Waals surface area (Å²) in [7, 11) is -3.18. The van der Waals surface area contributed by atoms with Gasteiger partial charge in [-0.1, -0.05) is 41.6 Å². The first-order valence-corrected chi connectivity index (χ1v) is 11.2. The Morgan fingerprint density at radius 1 is 1.19 bits per heavy atom. The standard InChI is InChI=1S/C18H14ClFN2O3S2/c19-13-8-12(6-7-14(13)20)22-15-9-27(24,25)10-16(15)26-18(22)21-17(23)11-4-2-1-3-5-11/h1-8,15-16H,9-10H2/t15-,16-/m0/s1. The lowest BCUT2D eigenvalue weighted by Crippen LogP contribution is -2.37. The third-order valence-corrected chi connectivity index (χ3v) is 7.97. The minimum atomic E-state index is -3.18. The average Bonchev–Trinajstić information content (AvgIpc) is 3.09. The summed E-state index contributed by atoms with van der Waals surface area (Å²) < 4.78 is 37.7. The van der Waals surface area contributed by atoms with Crippen LogP contribution in [-0.2, 0) is 9.84 Å². The number of thioether (sulfide) groups is 1. The molecule has 2 saturated heterocycles. The number of amidine groups is 1. The van der Waals surface area contributed by atoms with Crippen molar-refractivity contribution in [2.45, 2.75) is 11.3 Å². The molecule has 0 radical (unpaired) electrons. The Labute approximate surface area is 165 Å². The van der Waals surface area contributed by atoms with Crippen molar-refractivity contribution in [3.05, 3.63) is 64.9 Å². The van der Waals surface area contributed by atoms with Crippen LogP contribution in [0.2, 0.25) is 5.02 Å². The van der Waals surface area contributed by atoms with Gasteiger partial charge in [0, 0.05) is 16.5 Å². The van der Waals surface area contributed by atoms with E-state index in [0.717, 1.165) is 0 Å². The number of carbonyl (C=O) groups is 1. The zero-order valence-corrected chi connectivity index (χ0v) is 16.3. The van der Waals surface area contributed by atoms with Crippen molar-refractivity contribution in [2.24, 2.45) is 4.99 Å². The number of amides is 1. The first-order chi connectivity index (χ1) is 12.8. The zero-order valence-electron chi connectivity index (χ0n) is 13.9. The van der Waals surface area contributed by atoms with Crippen molar-refractivity contribution < 1.29 is 17.6 Å². The van der Waals surface area contributed by atoms with Gasteiger partial charge in [-0.05, 0) is 30.3 Å². The van der Waals surface area contributed by atoms with Gasteiger partial charge < -0.3 is 4.90 Å². The van der Waals surface area contributed by atoms with E-state index in [1.165, 1.54) is 30.0 Å². The summed E-state index contributed by atoms with van der Waals surface area (Å²) in [5, 5.41) is 0.0909. The number of benzene rings is 2. The minimum Gasteiger partial charge on any atom is -0.316 e. The molecule has 2 atom stereocenters. The topological polar surface area (TPSA) is 66.8 Å². The van der Waals surface area contributed by atoms with Crippen LogP contribution < -0.4 is 4.90 Å². The van der Waals surface area contributed by atoms with Crippen LogP contribution in [0.1, 0.15) is 10.4 Å². The summed E-state index contributed by atoms with van der Waals surface area (Å²) in [6.45, 7) is 0. The molecule has 2 aliphatic rings. The lowest BCUT2D eigenvalue weighted by molar-refractivity contribution is 0.100. The Bertz CT molecular complexity index is 1040. The average molecular weight is 425 g/mol. The number of nitrogens with zero attached hydrogens (tertiary/aromatic N) is 2. The number of carbonyl (C=O) groups excluding carboxylic acids is 1. The van der Waals surface area contributed by atoms with Gasteiger partial charge in [0.15, 0.2) is 15.0 Å². The lowest BCUT2D eigenvalue weighted by atomic mass is 10.2. The highest BCUT2D eigenvalue weighted by molar-refractivity contribution is 8.16. The van der Waals surface area contributed by atoms with Gasteiger partial charge in [0.1, 0.15) is 5.82 Å². The first kappa shape index (κ1) is 18.5. The highest BCUT2D eigenvalue weighted by Crippen LogP contribution is 2.41. The number of anilines is 1. The van der Waals surface area contributed by atoms with Crippen LogP contribution >= 0.6 is 23.4 Å². The summed E-state index contributed by atoms with van der Waals surface area (Å²) in [4.78, 5) is 18.4. The van der Waals surface area contributed by atoms with E-state index in [1.54, 1.807) is 35.2 Å². The molecule has 0 unspecified atom stereocenters. The monoisotopic (exact) mass is 424 g/mol. The molecule has 1 amide bonds. The van der Waals surface area contributed by atoms with Gasteiger partial charge in [-0.2, -0.15) is 4.99 Å². The Hall–Kier alpha value is -1.90. The van der Waals surface area contributed by atoms with Crippen LogP contribution in [0.3, 0.4) is 0 Å². The maximum atomic E-state index is 13.6. The normalized spacial score (nSPS) is 25.0. The first-order valence-electron chi connectivity index (χ1n) is 8.13. The van der Waals surface area contributed by atoms with E-state index in [2.05, 4.69) is 4.99 Å². The Morgan fingerprint density at radius 2 is 1.93 bits per heavy atom. The van der Waals surface area contributed by atoms with Crippen molar-refractivity contribution in [3.8, 4) is 0 Å². The summed E-state index contributed by atoms with van der Waals surface area (Å²) in [6, 6.07) is 12.4. The molecule has 2 heterocycles. The predicted octanol–water partition coefficient (Wildman–Crippen LogP) is 3.39. The molecule has 0 saturated carbocycles. The largest absolute Gasteiger partial charge is 0.316 e. The molecule has 2 fully saturated rings. The molecule has 2 aromatic rings. The number of halogens is 2. The fourth-order valence-electron chi connectivity index (χ4n) is 3.23. The second-order valence-electron chi connectivity index (χ2n) is 6.33. The molecule has 0 aliphatic carbocycles. The fraction of sp³-hybridized carbons (Fsp3) is 0.222. The molecular formula is C18H14ClFN2O3S2. The summed E-state index contributed by atoms with van der Waals surface area (Å²) in [5.41, 5.74) is 0.950. The summed E-state index contributed by atoms with van der Waals surface area (Å²) in [5.74, 6) is -1.01. The number of rotatable bonds is 2. The molecule has 5 nitrogen and oxygen atoms in total. The fourth-order valence-corrected chi connectivity index (χ4v) is 7.32. The van der Waals surface area contributed by atoms with Crippen LogP contribution in [-0.4, -0.2) is 42.3 Å². The van der Waals surface area contributed by atoms with Crippen LogP contribution in [0, 0.1) is 5.82 Å². The predicted molar refractivity (Wildman–Crippen MR) is 106 cm³/mol. The molecule has 0 N–H and O–H groups in total. The van der Waals surface area contributed by atoms with Gasteiger partial charge in [-0.15, -0.1) is 0 Å². The van der Waals surface area contributed by atoms with Crippen molar-refractivity contribution in [2.75, 3.05) is 16.4 Å². The molecule has 9 heteroatoms. The molecule has 0 spiro atoms. The molecule has 2 aliphatic heterocycles. The van der Waals surface area contributed by atoms with E-state index in [-0.39, 0.29) is 27.8 Å². The molecule has 2 aromatic carbocycles. The number of hydrogen-bond acceptors (Lipinski definition) is 4. The highest BCUT2D eigenvalue weighted by atomic mass is 35.5. The van der Waals surface area contributed by atoms with Gasteiger partial charge in [0.25, 0.3) is 5.91 Å². The minimum absolute atomic E-state index is 0.0201. The number of aliphatic imine (C=N–C) groups is 1. The van der Waals surface area contributed by atoms with Crippen LogP contribution in [0.4, 0.5) is 10.1 Å². The second-order valence-corrected chi connectivity index (χ2v) is 10.1. The van der Waals surface area contributed by atoms with Crippen molar-refractivity contribution in [1.82, 2.24) is 0 Å². The van der Waals surface area contributed by atoms with Crippen molar-refractivity contribution in [1.29, 1.82) is 0 Å².